The number of sulfonamides is 1. The van der Waals surface area contributed by atoms with Gasteiger partial charge in [-0.25, -0.2) is 13.1 Å². The van der Waals surface area contributed by atoms with E-state index in [0.29, 0.717) is 11.3 Å². The fourth-order valence-electron chi connectivity index (χ4n) is 1.04. The van der Waals surface area contributed by atoms with Gasteiger partial charge in [0.15, 0.2) is 0 Å². The zero-order valence-electron chi connectivity index (χ0n) is 10.3. The van der Waals surface area contributed by atoms with Crippen LogP contribution in [0.3, 0.4) is 0 Å². The van der Waals surface area contributed by atoms with Crippen molar-refractivity contribution in [3.8, 4) is 0 Å². The summed E-state index contributed by atoms with van der Waals surface area (Å²) >= 11 is 0.716. The normalized spacial score (nSPS) is 13.2. The van der Waals surface area contributed by atoms with Gasteiger partial charge in [-0.1, -0.05) is 11.3 Å². The van der Waals surface area contributed by atoms with Crippen molar-refractivity contribution >= 4 is 32.4 Å². The predicted octanol–water partition coefficient (Wildman–Crippen LogP) is -1.22. The molecule has 3 N–H and O–H groups in total. The van der Waals surface area contributed by atoms with Gasteiger partial charge in [-0.15, -0.1) is 10.2 Å². The summed E-state index contributed by atoms with van der Waals surface area (Å²) in [6, 6.07) is 0. The Kier molecular flexibility index (Phi) is 5.75. The van der Waals surface area contributed by atoms with Gasteiger partial charge in [-0.05, 0) is 0 Å². The third-order valence-corrected chi connectivity index (χ3v) is 4.42. The van der Waals surface area contributed by atoms with E-state index in [1.165, 1.54) is 14.0 Å². The molecule has 0 aliphatic rings. The molecule has 0 saturated carbocycles. The lowest BCUT2D eigenvalue weighted by atomic mass is 10.4. The van der Waals surface area contributed by atoms with Crippen molar-refractivity contribution in [2.24, 2.45) is 0 Å². The van der Waals surface area contributed by atoms with Crippen LogP contribution in [0, 0.1) is 0 Å². The van der Waals surface area contributed by atoms with Gasteiger partial charge in [0, 0.05) is 20.6 Å². The molecule has 1 rings (SSSR count). The number of amides is 1. The summed E-state index contributed by atoms with van der Waals surface area (Å²) in [4.78, 5) is 10.8. The number of aliphatic hydroxyl groups is 1. The molecule has 11 heteroatoms. The number of carbonyl (C=O) groups excluding carboxylic acids is 1. The summed E-state index contributed by atoms with van der Waals surface area (Å²) in [6.07, 6.45) is -0.956. The summed E-state index contributed by atoms with van der Waals surface area (Å²) in [7, 11) is -2.47. The van der Waals surface area contributed by atoms with Crippen LogP contribution in [0.5, 0.6) is 0 Å². The highest BCUT2D eigenvalue weighted by atomic mass is 32.2. The highest BCUT2D eigenvalue weighted by Crippen LogP contribution is 2.19. The number of hydrogen-bond acceptors (Lipinski definition) is 8. The van der Waals surface area contributed by atoms with E-state index in [9.17, 15) is 18.3 Å². The molecule has 1 aromatic heterocycles. The van der Waals surface area contributed by atoms with Gasteiger partial charge >= 0.3 is 0 Å². The Labute approximate surface area is 114 Å². The van der Waals surface area contributed by atoms with Gasteiger partial charge in [0.05, 0.1) is 12.7 Å². The third kappa shape index (κ3) is 5.16. The van der Waals surface area contributed by atoms with Crippen molar-refractivity contribution in [3.05, 3.63) is 0 Å². The van der Waals surface area contributed by atoms with Crippen LogP contribution in [0.15, 0.2) is 4.34 Å². The fraction of sp³-hybridized carbons (Fsp3) is 0.625. The Morgan fingerprint density at radius 2 is 2.21 bits per heavy atom. The first kappa shape index (κ1) is 15.9. The molecule has 0 saturated heterocycles. The molecule has 108 valence electrons. The quantitative estimate of drug-likeness (QED) is 0.538. The standard InChI is InChI=1S/C8H14N4O5S2/c1-5(13)10-7-11-12-8(18-7)19(15,16)9-3-6(14)4-17-2/h6,9,14H,3-4H2,1-2H3,(H,10,11,13). The number of ether oxygens (including phenoxy) is 1. The predicted molar refractivity (Wildman–Crippen MR) is 67.3 cm³/mol. The SMILES string of the molecule is COCC(O)CNS(=O)(=O)c1nnc(NC(C)=O)s1. The molecule has 0 radical (unpaired) electrons. The average Bonchev–Trinajstić information content (AvgIpc) is 2.75. The Morgan fingerprint density at radius 3 is 2.79 bits per heavy atom. The maximum absolute atomic E-state index is 11.8. The van der Waals surface area contributed by atoms with Crippen LogP contribution < -0.4 is 10.0 Å². The second-order valence-electron chi connectivity index (χ2n) is 3.52. The number of anilines is 1. The number of methoxy groups -OCH3 is 1. The molecule has 0 aromatic carbocycles. The monoisotopic (exact) mass is 310 g/mol. The van der Waals surface area contributed by atoms with E-state index in [0.717, 1.165) is 0 Å². The van der Waals surface area contributed by atoms with Crippen LogP contribution in [0.1, 0.15) is 6.92 Å². The molecule has 0 aliphatic carbocycles. The van der Waals surface area contributed by atoms with Crippen molar-refractivity contribution in [3.63, 3.8) is 0 Å². The number of aliphatic hydroxyl groups excluding tert-OH is 1. The topological polar surface area (TPSA) is 131 Å². The molecule has 1 aromatic rings. The fourth-order valence-corrected chi connectivity index (χ4v) is 3.10. The molecular weight excluding hydrogens is 296 g/mol. The van der Waals surface area contributed by atoms with E-state index < -0.39 is 16.1 Å². The van der Waals surface area contributed by atoms with Crippen molar-refractivity contribution in [1.29, 1.82) is 0 Å². The zero-order valence-corrected chi connectivity index (χ0v) is 11.9. The number of nitrogens with zero attached hydrogens (tertiary/aromatic N) is 2. The summed E-state index contributed by atoms with van der Waals surface area (Å²) in [5.41, 5.74) is 0. The van der Waals surface area contributed by atoms with E-state index in [1.807, 2.05) is 0 Å². The van der Waals surface area contributed by atoms with E-state index in [2.05, 4.69) is 25.0 Å². The van der Waals surface area contributed by atoms with E-state index >= 15 is 0 Å². The molecule has 0 spiro atoms. The minimum atomic E-state index is -3.86. The number of carbonyl (C=O) groups is 1. The Balaban J connectivity index is 2.66. The van der Waals surface area contributed by atoms with Gasteiger partial charge in [0.25, 0.3) is 10.0 Å². The van der Waals surface area contributed by atoms with Gasteiger partial charge in [-0.2, -0.15) is 0 Å². The van der Waals surface area contributed by atoms with Crippen LogP contribution in [-0.2, 0) is 19.6 Å². The van der Waals surface area contributed by atoms with Gasteiger partial charge < -0.3 is 15.2 Å². The second kappa shape index (κ2) is 6.86. The maximum Gasteiger partial charge on any atom is 0.269 e. The Bertz CT molecular complexity index is 529. The molecule has 0 fully saturated rings. The van der Waals surface area contributed by atoms with Crippen molar-refractivity contribution in [2.75, 3.05) is 25.6 Å². The minimum absolute atomic E-state index is 0.00970. The van der Waals surface area contributed by atoms with Crippen LogP contribution in [0.2, 0.25) is 0 Å². The lowest BCUT2D eigenvalue weighted by Crippen LogP contribution is -2.34. The Morgan fingerprint density at radius 1 is 1.53 bits per heavy atom. The first-order valence-corrected chi connectivity index (χ1v) is 7.43. The molecule has 1 heterocycles. The number of aromatic nitrogens is 2. The van der Waals surface area contributed by atoms with E-state index in [1.54, 1.807) is 0 Å². The highest BCUT2D eigenvalue weighted by molar-refractivity contribution is 7.91. The van der Waals surface area contributed by atoms with Gasteiger partial charge in [0.2, 0.25) is 15.4 Å². The summed E-state index contributed by atoms with van der Waals surface area (Å²) < 4.78 is 30.1. The molecular formula is C8H14N4O5S2. The molecule has 1 unspecified atom stereocenters. The third-order valence-electron chi connectivity index (χ3n) is 1.79. The average molecular weight is 310 g/mol. The summed E-state index contributed by atoms with van der Waals surface area (Å²) in [6.45, 7) is 1.08. The molecule has 9 nitrogen and oxygen atoms in total. The largest absolute Gasteiger partial charge is 0.389 e. The van der Waals surface area contributed by atoms with Gasteiger partial charge in [-0.3, -0.25) is 4.79 Å². The van der Waals surface area contributed by atoms with Gasteiger partial charge in [0.1, 0.15) is 0 Å². The van der Waals surface area contributed by atoms with E-state index in [-0.39, 0.29) is 28.5 Å². The number of rotatable bonds is 7. The second-order valence-corrected chi connectivity index (χ2v) is 6.43. The highest BCUT2D eigenvalue weighted by Gasteiger charge is 2.21. The van der Waals surface area contributed by atoms with Crippen molar-refractivity contribution in [2.45, 2.75) is 17.4 Å². The molecule has 0 bridgehead atoms. The van der Waals surface area contributed by atoms with Crippen LogP contribution >= 0.6 is 11.3 Å². The first-order chi connectivity index (χ1) is 8.85. The maximum atomic E-state index is 11.8. The summed E-state index contributed by atoms with van der Waals surface area (Å²) in [5.74, 6) is -0.372. The zero-order chi connectivity index (χ0) is 14.5. The lowest BCUT2D eigenvalue weighted by Gasteiger charge is -2.09. The van der Waals surface area contributed by atoms with Crippen LogP contribution in [0.4, 0.5) is 5.13 Å². The number of nitrogens with one attached hydrogen (secondary N) is 2. The molecule has 1 atom stereocenters. The number of hydrogen-bond donors (Lipinski definition) is 3. The van der Waals surface area contributed by atoms with Crippen molar-refractivity contribution in [1.82, 2.24) is 14.9 Å². The molecule has 0 aliphatic heterocycles. The molecule has 19 heavy (non-hydrogen) atoms. The smallest absolute Gasteiger partial charge is 0.269 e. The Hall–Kier alpha value is -1.14. The lowest BCUT2D eigenvalue weighted by molar-refractivity contribution is -0.114. The van der Waals surface area contributed by atoms with E-state index in [4.69, 9.17) is 0 Å². The van der Waals surface area contributed by atoms with Crippen molar-refractivity contribution < 1.29 is 23.1 Å². The first-order valence-electron chi connectivity index (χ1n) is 5.13. The minimum Gasteiger partial charge on any atom is -0.389 e. The van der Waals surface area contributed by atoms with Crippen LogP contribution in [-0.4, -0.2) is 56.0 Å². The van der Waals surface area contributed by atoms with Crippen LogP contribution in [0.25, 0.3) is 0 Å². The summed E-state index contributed by atoms with van der Waals surface area (Å²) in [5, 5.41) is 18.7. The molecule has 1 amide bonds.